The van der Waals surface area contributed by atoms with Gasteiger partial charge < -0.3 is 15.1 Å². The maximum atomic E-state index is 12.8. The van der Waals surface area contributed by atoms with Crippen molar-refractivity contribution in [3.63, 3.8) is 0 Å². The molecular formula is C25H41IN6O. The number of hydrogen-bond acceptors (Lipinski definition) is 4. The molecule has 0 aliphatic carbocycles. The van der Waals surface area contributed by atoms with Crippen LogP contribution in [0.15, 0.2) is 29.3 Å². The van der Waals surface area contributed by atoms with Crippen LogP contribution >= 0.6 is 24.0 Å². The van der Waals surface area contributed by atoms with Crippen molar-refractivity contribution in [1.82, 2.24) is 24.9 Å². The zero-order chi connectivity index (χ0) is 22.5. The second-order valence-electron chi connectivity index (χ2n) is 9.50. The van der Waals surface area contributed by atoms with Gasteiger partial charge >= 0.3 is 0 Å². The summed E-state index contributed by atoms with van der Waals surface area (Å²) in [5, 5.41) is 3.61. The van der Waals surface area contributed by atoms with Crippen molar-refractivity contribution in [2.75, 3.05) is 59.4 Å². The monoisotopic (exact) mass is 568 g/mol. The van der Waals surface area contributed by atoms with E-state index in [0.29, 0.717) is 11.9 Å². The third kappa shape index (κ3) is 6.39. The minimum absolute atomic E-state index is 0. The first-order chi connectivity index (χ1) is 15.6. The van der Waals surface area contributed by atoms with Crippen molar-refractivity contribution < 1.29 is 4.79 Å². The van der Waals surface area contributed by atoms with E-state index in [2.05, 4.69) is 63.1 Å². The number of halogens is 1. The molecule has 33 heavy (non-hydrogen) atoms. The molecule has 4 rings (SSSR count). The summed E-state index contributed by atoms with van der Waals surface area (Å²) >= 11 is 0. The molecule has 3 heterocycles. The van der Waals surface area contributed by atoms with Gasteiger partial charge in [-0.25, -0.2) is 0 Å². The van der Waals surface area contributed by atoms with Gasteiger partial charge in [-0.2, -0.15) is 0 Å². The molecule has 8 heteroatoms. The van der Waals surface area contributed by atoms with E-state index in [9.17, 15) is 4.79 Å². The summed E-state index contributed by atoms with van der Waals surface area (Å²) in [6, 6.07) is 9.23. The third-order valence-electron chi connectivity index (χ3n) is 7.49. The van der Waals surface area contributed by atoms with E-state index in [0.717, 1.165) is 84.1 Å². The smallest absolute Gasteiger partial charge is 0.239 e. The quantitative estimate of drug-likeness (QED) is 0.336. The van der Waals surface area contributed by atoms with Crippen molar-refractivity contribution in [1.29, 1.82) is 0 Å². The van der Waals surface area contributed by atoms with Crippen LogP contribution in [0.2, 0.25) is 0 Å². The fourth-order valence-corrected chi connectivity index (χ4v) is 5.27. The lowest BCUT2D eigenvalue weighted by molar-refractivity contribution is -0.135. The second-order valence-corrected chi connectivity index (χ2v) is 9.50. The number of carbonyl (C=O) groups excluding carboxylic acids is 1. The Hall–Kier alpha value is -1.39. The summed E-state index contributed by atoms with van der Waals surface area (Å²) in [5.74, 6) is 1.28. The highest BCUT2D eigenvalue weighted by atomic mass is 127. The molecule has 2 fully saturated rings. The summed E-state index contributed by atoms with van der Waals surface area (Å²) in [4.78, 5) is 26.6. The maximum absolute atomic E-state index is 12.8. The first-order valence-corrected chi connectivity index (χ1v) is 12.4. The molecule has 2 atom stereocenters. The lowest BCUT2D eigenvalue weighted by Crippen LogP contribution is -2.57. The van der Waals surface area contributed by atoms with Gasteiger partial charge in [-0.3, -0.25) is 19.6 Å². The average Bonchev–Trinajstić information content (AvgIpc) is 3.38. The average molecular weight is 569 g/mol. The van der Waals surface area contributed by atoms with Gasteiger partial charge in [0.05, 0.1) is 6.04 Å². The number of guanidine groups is 1. The van der Waals surface area contributed by atoms with Gasteiger partial charge in [0.1, 0.15) is 0 Å². The minimum atomic E-state index is -0.0211. The molecule has 2 unspecified atom stereocenters. The molecular weight excluding hydrogens is 527 g/mol. The Morgan fingerprint density at radius 2 is 1.61 bits per heavy atom. The molecule has 0 bridgehead atoms. The van der Waals surface area contributed by atoms with Crippen molar-refractivity contribution in [3.05, 3.63) is 35.4 Å². The van der Waals surface area contributed by atoms with Gasteiger partial charge in [-0.1, -0.05) is 24.3 Å². The number of carbonyl (C=O) groups is 1. The zero-order valence-corrected chi connectivity index (χ0v) is 22.8. The Morgan fingerprint density at radius 3 is 2.27 bits per heavy atom. The summed E-state index contributed by atoms with van der Waals surface area (Å²) in [5.41, 5.74) is 2.96. The molecule has 1 aromatic carbocycles. The highest BCUT2D eigenvalue weighted by Crippen LogP contribution is 2.20. The number of nitrogens with one attached hydrogen (secondary N) is 1. The number of rotatable bonds is 5. The number of fused-ring (bicyclic) bond motifs is 1. The first-order valence-electron chi connectivity index (χ1n) is 12.4. The summed E-state index contributed by atoms with van der Waals surface area (Å²) in [6.45, 7) is 12.9. The zero-order valence-electron chi connectivity index (χ0n) is 20.5. The molecule has 7 nitrogen and oxygen atoms in total. The summed E-state index contributed by atoms with van der Waals surface area (Å²) in [6.07, 6.45) is 3.43. The number of nitrogens with zero attached hydrogens (tertiary/aromatic N) is 5. The van der Waals surface area contributed by atoms with E-state index in [1.165, 1.54) is 11.1 Å². The van der Waals surface area contributed by atoms with Gasteiger partial charge in [0.15, 0.2) is 5.96 Å². The van der Waals surface area contributed by atoms with Crippen molar-refractivity contribution in [2.45, 2.75) is 51.7 Å². The Bertz CT molecular complexity index is 804. The lowest BCUT2D eigenvalue weighted by atomic mass is 9.99. The van der Waals surface area contributed by atoms with Crippen molar-refractivity contribution >= 4 is 35.8 Å². The molecule has 0 radical (unpaired) electrons. The third-order valence-corrected chi connectivity index (χ3v) is 7.49. The molecule has 1 N–H and O–H groups in total. The molecule has 0 aromatic heterocycles. The maximum Gasteiger partial charge on any atom is 0.239 e. The van der Waals surface area contributed by atoms with Crippen LogP contribution in [0.25, 0.3) is 0 Å². The van der Waals surface area contributed by atoms with Gasteiger partial charge in [-0.05, 0) is 44.2 Å². The van der Waals surface area contributed by atoms with Gasteiger partial charge in [-0.15, -0.1) is 24.0 Å². The number of hydrogen-bond donors (Lipinski definition) is 1. The minimum Gasteiger partial charge on any atom is -0.355 e. The summed E-state index contributed by atoms with van der Waals surface area (Å²) in [7, 11) is 1.87. The molecule has 0 saturated carbocycles. The highest BCUT2D eigenvalue weighted by Gasteiger charge is 2.30. The molecule has 3 aliphatic rings. The Morgan fingerprint density at radius 1 is 0.939 bits per heavy atom. The summed E-state index contributed by atoms with van der Waals surface area (Å²) < 4.78 is 0. The fraction of sp³-hybridized carbons (Fsp3) is 0.680. The Labute approximate surface area is 216 Å². The molecule has 3 aliphatic heterocycles. The molecule has 1 aromatic rings. The van der Waals surface area contributed by atoms with E-state index in [1.54, 1.807) is 0 Å². The second kappa shape index (κ2) is 12.4. The molecule has 184 valence electrons. The standard InChI is InChI=1S/C25H40N6O.HI/c1-20(31-13-10-22-8-4-5-9-23(22)19-31)18-27-25(26-3)30-16-14-28(15-17-30)21(2)24(32)29-11-6-7-12-29;/h4-5,8-9,20-21H,6-7,10-19H2,1-3H3,(H,26,27);1H. The van der Waals surface area contributed by atoms with Crippen LogP contribution in [0, 0.1) is 0 Å². The highest BCUT2D eigenvalue weighted by molar-refractivity contribution is 14.0. The van der Waals surface area contributed by atoms with E-state index < -0.39 is 0 Å². The molecule has 0 spiro atoms. The molecule has 2 saturated heterocycles. The largest absolute Gasteiger partial charge is 0.355 e. The van der Waals surface area contributed by atoms with Crippen molar-refractivity contribution in [3.8, 4) is 0 Å². The number of likely N-dealkylation sites (tertiary alicyclic amines) is 1. The van der Waals surface area contributed by atoms with Gasteiger partial charge in [0.2, 0.25) is 5.91 Å². The fourth-order valence-electron chi connectivity index (χ4n) is 5.27. The van der Waals surface area contributed by atoms with Gasteiger partial charge in [0.25, 0.3) is 0 Å². The van der Waals surface area contributed by atoms with Gasteiger partial charge in [0, 0.05) is 72.0 Å². The van der Waals surface area contributed by atoms with Crippen LogP contribution in [-0.2, 0) is 17.8 Å². The van der Waals surface area contributed by atoms with E-state index >= 15 is 0 Å². The predicted molar refractivity (Wildman–Crippen MR) is 145 cm³/mol. The van der Waals surface area contributed by atoms with Crippen LogP contribution in [0.4, 0.5) is 0 Å². The van der Waals surface area contributed by atoms with Crippen LogP contribution < -0.4 is 5.32 Å². The lowest BCUT2D eigenvalue weighted by Gasteiger charge is -2.40. The Balaban J connectivity index is 0.00000306. The van der Waals surface area contributed by atoms with Crippen LogP contribution in [0.3, 0.4) is 0 Å². The number of aliphatic imine (C=N–C) groups is 1. The SMILES string of the molecule is CN=C(NCC(C)N1CCc2ccccc2C1)N1CCN(C(C)C(=O)N2CCCC2)CC1.I. The first kappa shape index (κ1) is 26.2. The topological polar surface area (TPSA) is 54.4 Å². The van der Waals surface area contributed by atoms with Crippen LogP contribution in [-0.4, -0.2) is 103 Å². The Kier molecular flexibility index (Phi) is 9.81. The van der Waals surface area contributed by atoms with Crippen molar-refractivity contribution in [2.24, 2.45) is 4.99 Å². The normalized spacial score (nSPS) is 21.8. The molecule has 1 amide bonds. The van der Waals surface area contributed by atoms with E-state index in [-0.39, 0.29) is 30.0 Å². The predicted octanol–water partition coefficient (Wildman–Crippen LogP) is 2.26. The number of piperazine rings is 1. The van der Waals surface area contributed by atoms with Crippen LogP contribution in [0.5, 0.6) is 0 Å². The number of benzene rings is 1. The van der Waals surface area contributed by atoms with E-state index in [1.807, 2.05) is 11.9 Å². The number of amides is 1. The van der Waals surface area contributed by atoms with Crippen LogP contribution in [0.1, 0.15) is 37.8 Å². The van der Waals surface area contributed by atoms with E-state index in [4.69, 9.17) is 0 Å².